The number of ether oxygens (including phenoxy) is 1. The molecule has 5 heteroatoms. The predicted octanol–water partition coefficient (Wildman–Crippen LogP) is 0.949. The van der Waals surface area contributed by atoms with Gasteiger partial charge >= 0.3 is 5.97 Å². The zero-order chi connectivity index (χ0) is 13.8. The van der Waals surface area contributed by atoms with Crippen LogP contribution < -0.4 is 0 Å². The van der Waals surface area contributed by atoms with Crippen molar-refractivity contribution in [2.75, 3.05) is 19.7 Å². The lowest BCUT2D eigenvalue weighted by Crippen LogP contribution is -2.40. The van der Waals surface area contributed by atoms with Crippen LogP contribution in [-0.4, -0.2) is 47.2 Å². The third-order valence-corrected chi connectivity index (χ3v) is 2.98. The van der Waals surface area contributed by atoms with Gasteiger partial charge in [0.1, 0.15) is 12.2 Å². The Labute approximate surface area is 108 Å². The number of nitrogens with zero attached hydrogens (tertiary/aromatic N) is 1. The minimum atomic E-state index is -0.440. The van der Waals surface area contributed by atoms with Gasteiger partial charge in [-0.15, -0.1) is 0 Å². The van der Waals surface area contributed by atoms with Crippen LogP contribution in [0.25, 0.3) is 0 Å². The summed E-state index contributed by atoms with van der Waals surface area (Å²) >= 11 is 0. The van der Waals surface area contributed by atoms with Gasteiger partial charge in [-0.05, 0) is 39.5 Å². The molecule has 0 aromatic carbocycles. The first-order valence-electron chi connectivity index (χ1n) is 6.42. The van der Waals surface area contributed by atoms with E-state index in [1.807, 2.05) is 20.8 Å². The molecule has 1 saturated heterocycles. The Morgan fingerprint density at radius 2 is 1.83 bits per heavy atom. The van der Waals surface area contributed by atoms with E-state index < -0.39 is 12.2 Å². The maximum Gasteiger partial charge on any atom is 0.306 e. The van der Waals surface area contributed by atoms with Crippen LogP contribution in [0.5, 0.6) is 0 Å². The van der Waals surface area contributed by atoms with Gasteiger partial charge in [0.25, 0.3) is 0 Å². The molecule has 104 valence electrons. The molecule has 0 radical (unpaired) electrons. The third-order valence-electron chi connectivity index (χ3n) is 2.98. The number of aliphatic hydroxyl groups excluding tert-OH is 1. The molecular weight excluding hydrogens is 234 g/mol. The molecule has 0 spiro atoms. The first kappa shape index (κ1) is 15.0. The highest BCUT2D eigenvalue weighted by atomic mass is 16.6. The molecule has 1 fully saturated rings. The number of likely N-dealkylation sites (tertiary alicyclic amines) is 1. The van der Waals surface area contributed by atoms with Gasteiger partial charge in [0.15, 0.2) is 0 Å². The molecule has 0 unspecified atom stereocenters. The van der Waals surface area contributed by atoms with Crippen molar-refractivity contribution in [1.29, 1.82) is 0 Å². The number of aliphatic hydroxyl groups is 1. The molecule has 18 heavy (non-hydrogen) atoms. The summed E-state index contributed by atoms with van der Waals surface area (Å²) in [5.74, 6) is -0.122. The molecule has 0 atom stereocenters. The number of hydrogen-bond acceptors (Lipinski definition) is 4. The lowest BCUT2D eigenvalue weighted by Gasteiger charge is -2.31. The second-order valence-electron chi connectivity index (χ2n) is 5.77. The molecule has 1 aliphatic rings. The quantitative estimate of drug-likeness (QED) is 0.764. The van der Waals surface area contributed by atoms with E-state index in [4.69, 9.17) is 9.84 Å². The summed E-state index contributed by atoms with van der Waals surface area (Å²) in [5, 5.41) is 8.76. The highest BCUT2D eigenvalue weighted by Gasteiger charge is 2.25. The molecule has 1 rings (SSSR count). The summed E-state index contributed by atoms with van der Waals surface area (Å²) in [5.41, 5.74) is -0.440. The van der Waals surface area contributed by atoms with Gasteiger partial charge in [-0.2, -0.15) is 0 Å². The zero-order valence-corrected chi connectivity index (χ0v) is 11.4. The largest absolute Gasteiger partial charge is 0.460 e. The van der Waals surface area contributed by atoms with Crippen molar-refractivity contribution >= 4 is 11.9 Å². The monoisotopic (exact) mass is 257 g/mol. The fraction of sp³-hybridized carbons (Fsp3) is 0.846. The lowest BCUT2D eigenvalue weighted by atomic mass is 9.93. The van der Waals surface area contributed by atoms with Gasteiger partial charge in [-0.25, -0.2) is 0 Å². The van der Waals surface area contributed by atoms with Crippen LogP contribution in [0.1, 0.15) is 40.0 Å². The van der Waals surface area contributed by atoms with Crippen molar-refractivity contribution in [3.8, 4) is 0 Å². The molecule has 1 aliphatic heterocycles. The fourth-order valence-corrected chi connectivity index (χ4v) is 2.11. The maximum atomic E-state index is 11.7. The Morgan fingerprint density at radius 1 is 1.28 bits per heavy atom. The van der Waals surface area contributed by atoms with Crippen LogP contribution in [0.15, 0.2) is 0 Å². The van der Waals surface area contributed by atoms with E-state index in [9.17, 15) is 9.59 Å². The second-order valence-corrected chi connectivity index (χ2v) is 5.77. The Hall–Kier alpha value is -1.10. The van der Waals surface area contributed by atoms with E-state index >= 15 is 0 Å². The minimum absolute atomic E-state index is 0.172. The molecule has 0 aromatic heterocycles. The van der Waals surface area contributed by atoms with Crippen molar-refractivity contribution in [1.82, 2.24) is 4.90 Å². The summed E-state index contributed by atoms with van der Waals surface area (Å²) in [6.07, 6.45) is 2.01. The van der Waals surface area contributed by atoms with Gasteiger partial charge in [-0.1, -0.05) is 0 Å². The van der Waals surface area contributed by atoms with E-state index in [1.165, 1.54) is 0 Å². The van der Waals surface area contributed by atoms with Gasteiger partial charge in [0, 0.05) is 19.5 Å². The van der Waals surface area contributed by atoms with Crippen LogP contribution in [0.4, 0.5) is 0 Å². The van der Waals surface area contributed by atoms with E-state index in [2.05, 4.69) is 0 Å². The second kappa shape index (κ2) is 6.18. The molecule has 0 saturated carbocycles. The number of piperidine rings is 1. The highest BCUT2D eigenvalue weighted by Crippen LogP contribution is 2.22. The first-order chi connectivity index (χ1) is 8.31. The van der Waals surface area contributed by atoms with Gasteiger partial charge in [-0.3, -0.25) is 9.59 Å². The maximum absolute atomic E-state index is 11.7. The van der Waals surface area contributed by atoms with E-state index in [1.54, 1.807) is 4.90 Å². The van der Waals surface area contributed by atoms with Crippen molar-refractivity contribution in [2.24, 2.45) is 5.92 Å². The number of hydrogen-bond donors (Lipinski definition) is 1. The van der Waals surface area contributed by atoms with E-state index in [0.717, 1.165) is 12.8 Å². The van der Waals surface area contributed by atoms with Crippen LogP contribution in [0.2, 0.25) is 0 Å². The van der Waals surface area contributed by atoms with Gasteiger partial charge in [0.2, 0.25) is 5.91 Å². The summed E-state index contributed by atoms with van der Waals surface area (Å²) in [6.45, 7) is 6.37. The molecule has 0 bridgehead atoms. The number of carbonyl (C=O) groups is 2. The number of rotatable bonds is 3. The van der Waals surface area contributed by atoms with Crippen LogP contribution >= 0.6 is 0 Å². The minimum Gasteiger partial charge on any atom is -0.460 e. The molecule has 0 aliphatic carbocycles. The molecule has 0 aromatic rings. The number of carbonyl (C=O) groups excluding carboxylic acids is 2. The summed E-state index contributed by atoms with van der Waals surface area (Å²) in [4.78, 5) is 24.6. The average Bonchev–Trinajstić information content (AvgIpc) is 2.26. The average molecular weight is 257 g/mol. The van der Waals surface area contributed by atoms with Crippen molar-refractivity contribution in [2.45, 2.75) is 45.6 Å². The standard InChI is InChI=1S/C13H23NO4/c1-13(2,3)18-12(17)8-10-4-6-14(7-5-10)11(16)9-15/h10,15H,4-9H2,1-3H3. The summed E-state index contributed by atoms with van der Waals surface area (Å²) < 4.78 is 5.28. The Balaban J connectivity index is 2.31. The Bertz CT molecular complexity index is 301. The molecule has 1 amide bonds. The Kier molecular flexibility index (Phi) is 5.14. The Morgan fingerprint density at radius 3 is 2.28 bits per heavy atom. The van der Waals surface area contributed by atoms with Gasteiger partial charge < -0.3 is 14.7 Å². The van der Waals surface area contributed by atoms with Crippen molar-refractivity contribution in [3.63, 3.8) is 0 Å². The molecule has 1 heterocycles. The van der Waals surface area contributed by atoms with E-state index in [-0.39, 0.29) is 17.8 Å². The smallest absolute Gasteiger partial charge is 0.306 e. The lowest BCUT2D eigenvalue weighted by molar-refractivity contribution is -0.156. The highest BCUT2D eigenvalue weighted by molar-refractivity contribution is 5.77. The van der Waals surface area contributed by atoms with Crippen LogP contribution in [0.3, 0.4) is 0 Å². The van der Waals surface area contributed by atoms with Crippen LogP contribution in [-0.2, 0) is 14.3 Å². The third kappa shape index (κ3) is 5.04. The molecular formula is C13H23NO4. The predicted molar refractivity (Wildman–Crippen MR) is 66.9 cm³/mol. The van der Waals surface area contributed by atoms with Crippen LogP contribution in [0, 0.1) is 5.92 Å². The SMILES string of the molecule is CC(C)(C)OC(=O)CC1CCN(C(=O)CO)CC1. The summed E-state index contributed by atoms with van der Waals surface area (Å²) in [7, 11) is 0. The fourth-order valence-electron chi connectivity index (χ4n) is 2.11. The number of amides is 1. The molecule has 1 N–H and O–H groups in total. The van der Waals surface area contributed by atoms with E-state index in [0.29, 0.717) is 19.5 Å². The first-order valence-corrected chi connectivity index (χ1v) is 6.42. The normalized spacial score (nSPS) is 17.7. The van der Waals surface area contributed by atoms with Crippen molar-refractivity contribution < 1.29 is 19.4 Å². The zero-order valence-electron chi connectivity index (χ0n) is 11.4. The van der Waals surface area contributed by atoms with Crippen molar-refractivity contribution in [3.05, 3.63) is 0 Å². The topological polar surface area (TPSA) is 66.8 Å². The van der Waals surface area contributed by atoms with Gasteiger partial charge in [0.05, 0.1) is 0 Å². The summed E-state index contributed by atoms with van der Waals surface area (Å²) in [6, 6.07) is 0. The number of esters is 1. The molecule has 5 nitrogen and oxygen atoms in total.